The molecule has 0 aliphatic rings. The van der Waals surface area contributed by atoms with Crippen LogP contribution in [0.5, 0.6) is 0 Å². The van der Waals surface area contributed by atoms with Crippen LogP contribution in [-0.2, 0) is 24.0 Å². The number of aliphatic carboxylic acids is 1. The smallest absolute Gasteiger partial charge is 0.305 e. The first kappa shape index (κ1) is 24.5. The Morgan fingerprint density at radius 2 is 1.74 bits per heavy atom. The molecule has 0 aromatic heterocycles. The molecule has 0 radical (unpaired) electrons. The Hall–Kier alpha value is -2.49. The van der Waals surface area contributed by atoms with E-state index in [0.29, 0.717) is 6.54 Å². The highest BCUT2D eigenvalue weighted by Crippen LogP contribution is 2.08. The fraction of sp³-hybridized carbons (Fsp3) is 0.706. The minimum absolute atomic E-state index is 0.0525. The lowest BCUT2D eigenvalue weighted by molar-refractivity contribution is -0.141. The molecule has 0 aliphatic carbocycles. The minimum atomic E-state index is -1.21. The highest BCUT2D eigenvalue weighted by Gasteiger charge is 2.28. The van der Waals surface area contributed by atoms with E-state index >= 15 is 0 Å². The summed E-state index contributed by atoms with van der Waals surface area (Å²) in [7, 11) is 0. The molecule has 0 aromatic carbocycles. The van der Waals surface area contributed by atoms with Crippen molar-refractivity contribution in [3.8, 4) is 0 Å². The summed E-state index contributed by atoms with van der Waals surface area (Å²) in [5, 5.41) is 13.8. The van der Waals surface area contributed by atoms with Crippen molar-refractivity contribution in [3.63, 3.8) is 0 Å². The highest BCUT2D eigenvalue weighted by atomic mass is 16.4. The number of hydrogen-bond donors (Lipinski definition) is 4. The van der Waals surface area contributed by atoms with Crippen LogP contribution in [0.2, 0.25) is 0 Å². The molecule has 0 saturated heterocycles. The van der Waals surface area contributed by atoms with Crippen molar-refractivity contribution in [1.82, 2.24) is 15.5 Å². The number of nitrogens with two attached hydrogens (primary N) is 1. The standard InChI is InChI=1S/C17H30N4O6/c1-5-19-16(26)11(3)21(17(27)10(2)18)8-6-7-14(23)13(9-15(24)25)20-12(4)22/h10-11,13H,5-9,18H2,1-4H3,(H,19,26)(H,20,22)(H,24,25)/t10-,11-,13-/m0/s1. The number of hydrogen-bond acceptors (Lipinski definition) is 6. The topological polar surface area (TPSA) is 159 Å². The maximum absolute atomic E-state index is 12.3. The van der Waals surface area contributed by atoms with Crippen molar-refractivity contribution < 1.29 is 29.1 Å². The Morgan fingerprint density at radius 1 is 1.15 bits per heavy atom. The zero-order chi connectivity index (χ0) is 21.1. The number of carboxylic acid groups (broad SMARTS) is 1. The summed E-state index contributed by atoms with van der Waals surface area (Å²) in [4.78, 5) is 59.8. The van der Waals surface area contributed by atoms with Crippen LogP contribution in [0, 0.1) is 0 Å². The zero-order valence-corrected chi connectivity index (χ0v) is 16.3. The third-order valence-corrected chi connectivity index (χ3v) is 3.84. The fourth-order valence-corrected chi connectivity index (χ4v) is 2.48. The molecule has 0 bridgehead atoms. The number of ketones is 1. The van der Waals surface area contributed by atoms with E-state index in [1.54, 1.807) is 13.8 Å². The summed E-state index contributed by atoms with van der Waals surface area (Å²) >= 11 is 0. The van der Waals surface area contributed by atoms with E-state index in [1.807, 2.05) is 0 Å². The quantitative estimate of drug-likeness (QED) is 0.335. The predicted molar refractivity (Wildman–Crippen MR) is 97.6 cm³/mol. The van der Waals surface area contributed by atoms with Gasteiger partial charge >= 0.3 is 5.97 Å². The number of carboxylic acids is 1. The fourth-order valence-electron chi connectivity index (χ4n) is 2.48. The van der Waals surface area contributed by atoms with Crippen molar-refractivity contribution in [2.45, 2.75) is 65.1 Å². The van der Waals surface area contributed by atoms with Gasteiger partial charge in [-0.2, -0.15) is 0 Å². The Balaban J connectivity index is 4.97. The highest BCUT2D eigenvalue weighted by molar-refractivity contribution is 5.92. The van der Waals surface area contributed by atoms with Crippen molar-refractivity contribution in [2.75, 3.05) is 13.1 Å². The summed E-state index contributed by atoms with van der Waals surface area (Å²) in [5.41, 5.74) is 5.64. The molecule has 0 fully saturated rings. The third-order valence-electron chi connectivity index (χ3n) is 3.84. The summed E-state index contributed by atoms with van der Waals surface area (Å²) < 4.78 is 0. The maximum atomic E-state index is 12.3. The number of carbonyl (C=O) groups is 5. The molecule has 5 N–H and O–H groups in total. The lowest BCUT2D eigenvalue weighted by Crippen LogP contribution is -2.52. The van der Waals surface area contributed by atoms with Gasteiger partial charge in [-0.15, -0.1) is 0 Å². The van der Waals surface area contributed by atoms with Crippen molar-refractivity contribution in [3.05, 3.63) is 0 Å². The van der Waals surface area contributed by atoms with Gasteiger partial charge in [0.15, 0.2) is 5.78 Å². The largest absolute Gasteiger partial charge is 0.481 e. The van der Waals surface area contributed by atoms with E-state index in [9.17, 15) is 24.0 Å². The van der Waals surface area contributed by atoms with Gasteiger partial charge in [0.1, 0.15) is 6.04 Å². The van der Waals surface area contributed by atoms with Crippen molar-refractivity contribution >= 4 is 29.5 Å². The summed E-state index contributed by atoms with van der Waals surface area (Å²) in [5.74, 6) is -2.93. The molecule has 0 heterocycles. The molecule has 0 spiro atoms. The van der Waals surface area contributed by atoms with Crippen molar-refractivity contribution in [2.24, 2.45) is 5.73 Å². The van der Waals surface area contributed by atoms with Crippen LogP contribution >= 0.6 is 0 Å². The molecule has 27 heavy (non-hydrogen) atoms. The van der Waals surface area contributed by atoms with E-state index in [-0.39, 0.29) is 25.3 Å². The van der Waals surface area contributed by atoms with Gasteiger partial charge < -0.3 is 26.4 Å². The van der Waals surface area contributed by atoms with Gasteiger partial charge in [-0.1, -0.05) is 0 Å². The van der Waals surface area contributed by atoms with Crippen LogP contribution in [0.15, 0.2) is 0 Å². The normalized spacial score (nSPS) is 13.8. The SMILES string of the molecule is CCNC(=O)[C@H](C)N(CCCC(=O)[C@H](CC(=O)O)NC(C)=O)C(=O)[C@H](C)N. The molecule has 3 atom stereocenters. The van der Waals surface area contributed by atoms with E-state index in [0.717, 1.165) is 0 Å². The number of nitrogens with zero attached hydrogens (tertiary/aromatic N) is 1. The number of Topliss-reactive ketones (excluding diaryl/α,β-unsaturated/α-hetero) is 1. The molecule has 0 saturated carbocycles. The number of rotatable bonds is 12. The summed E-state index contributed by atoms with van der Waals surface area (Å²) in [6, 6.07) is -2.70. The molecular weight excluding hydrogens is 356 g/mol. The number of carbonyl (C=O) groups excluding carboxylic acids is 4. The van der Waals surface area contributed by atoms with Crippen molar-refractivity contribution in [1.29, 1.82) is 0 Å². The maximum Gasteiger partial charge on any atom is 0.305 e. The number of amides is 3. The molecular formula is C17H30N4O6. The second kappa shape index (κ2) is 12.0. The molecule has 154 valence electrons. The first-order valence-electron chi connectivity index (χ1n) is 8.86. The van der Waals surface area contributed by atoms with Gasteiger partial charge in [0, 0.05) is 26.4 Å². The average molecular weight is 386 g/mol. The second-order valence-corrected chi connectivity index (χ2v) is 6.31. The zero-order valence-electron chi connectivity index (χ0n) is 16.3. The van der Waals surface area contributed by atoms with Crippen LogP contribution < -0.4 is 16.4 Å². The molecule has 0 unspecified atom stereocenters. The van der Waals surface area contributed by atoms with Crippen LogP contribution in [0.25, 0.3) is 0 Å². The summed E-state index contributed by atoms with van der Waals surface area (Å²) in [6.45, 7) is 6.53. The van der Waals surface area contributed by atoms with Gasteiger partial charge in [0.25, 0.3) is 0 Å². The molecule has 3 amide bonds. The number of nitrogens with one attached hydrogen (secondary N) is 2. The number of likely N-dealkylation sites (N-methyl/N-ethyl adjacent to an activating group) is 1. The van der Waals surface area contributed by atoms with Gasteiger partial charge in [0.2, 0.25) is 17.7 Å². The van der Waals surface area contributed by atoms with E-state index in [1.165, 1.54) is 18.7 Å². The Labute approximate surface area is 158 Å². The summed E-state index contributed by atoms with van der Waals surface area (Å²) in [6.07, 6.45) is -0.365. The van der Waals surface area contributed by atoms with Gasteiger partial charge in [0.05, 0.1) is 18.5 Å². The van der Waals surface area contributed by atoms with Crippen LogP contribution in [0.4, 0.5) is 0 Å². The Morgan fingerprint density at radius 3 is 2.19 bits per heavy atom. The van der Waals surface area contributed by atoms with E-state index < -0.39 is 48.1 Å². The minimum Gasteiger partial charge on any atom is -0.481 e. The average Bonchev–Trinajstić information content (AvgIpc) is 2.56. The lowest BCUT2D eigenvalue weighted by atomic mass is 10.0. The van der Waals surface area contributed by atoms with Gasteiger partial charge in [-0.05, 0) is 27.2 Å². The molecule has 0 aliphatic heterocycles. The Bertz CT molecular complexity index is 548. The predicted octanol–water partition coefficient (Wildman–Crippen LogP) is -0.984. The van der Waals surface area contributed by atoms with E-state index in [4.69, 9.17) is 10.8 Å². The van der Waals surface area contributed by atoms with E-state index in [2.05, 4.69) is 10.6 Å². The molecule has 0 aromatic rings. The first-order valence-corrected chi connectivity index (χ1v) is 8.86. The first-order chi connectivity index (χ1) is 12.5. The molecule has 0 rings (SSSR count). The van der Waals surface area contributed by atoms with Crippen LogP contribution in [0.1, 0.15) is 47.0 Å². The Kier molecular flexibility index (Phi) is 10.9. The lowest BCUT2D eigenvalue weighted by Gasteiger charge is -2.30. The van der Waals surface area contributed by atoms with Crippen LogP contribution in [0.3, 0.4) is 0 Å². The monoisotopic (exact) mass is 386 g/mol. The molecule has 10 heteroatoms. The van der Waals surface area contributed by atoms with Gasteiger partial charge in [-0.3, -0.25) is 24.0 Å². The third kappa shape index (κ3) is 9.13. The second-order valence-electron chi connectivity index (χ2n) is 6.31. The van der Waals surface area contributed by atoms with Gasteiger partial charge in [-0.25, -0.2) is 0 Å². The molecule has 10 nitrogen and oxygen atoms in total. The van der Waals surface area contributed by atoms with Crippen LogP contribution in [-0.4, -0.2) is 70.7 Å².